The highest BCUT2D eigenvalue weighted by atomic mass is 15.1. The number of hydrogen-bond donors (Lipinski definition) is 1. The Bertz CT molecular complexity index is 501. The van der Waals surface area contributed by atoms with Crippen LogP contribution in [0.1, 0.15) is 38.9 Å². The number of imidazole rings is 1. The van der Waals surface area contributed by atoms with Gasteiger partial charge in [-0.15, -0.1) is 0 Å². The molecule has 0 aromatic carbocycles. The molecule has 2 aromatic heterocycles. The SMILES string of the molecule is CCCCC(C)Nc1ccc(-n2ccnc2C)nc1. The average Bonchev–Trinajstić information content (AvgIpc) is 2.83. The first-order valence-electron chi connectivity index (χ1n) is 6.93. The van der Waals surface area contributed by atoms with E-state index >= 15 is 0 Å². The maximum absolute atomic E-state index is 4.48. The molecule has 0 aliphatic heterocycles. The van der Waals surface area contributed by atoms with Gasteiger partial charge < -0.3 is 5.32 Å². The normalized spacial score (nSPS) is 12.4. The fourth-order valence-corrected chi connectivity index (χ4v) is 2.10. The maximum Gasteiger partial charge on any atom is 0.138 e. The lowest BCUT2D eigenvalue weighted by atomic mass is 10.1. The predicted molar refractivity (Wildman–Crippen MR) is 78.7 cm³/mol. The zero-order valence-electron chi connectivity index (χ0n) is 11.9. The number of aromatic nitrogens is 3. The van der Waals surface area contributed by atoms with E-state index in [0.717, 1.165) is 17.3 Å². The van der Waals surface area contributed by atoms with Crippen LogP contribution in [0.2, 0.25) is 0 Å². The highest BCUT2D eigenvalue weighted by Gasteiger charge is 2.04. The van der Waals surface area contributed by atoms with E-state index < -0.39 is 0 Å². The first-order chi connectivity index (χ1) is 9.20. The summed E-state index contributed by atoms with van der Waals surface area (Å²) in [5, 5.41) is 3.48. The molecule has 0 saturated heterocycles. The van der Waals surface area contributed by atoms with Crippen LogP contribution in [0.5, 0.6) is 0 Å². The van der Waals surface area contributed by atoms with Crippen LogP contribution in [-0.2, 0) is 0 Å². The van der Waals surface area contributed by atoms with Gasteiger partial charge in [-0.2, -0.15) is 0 Å². The zero-order chi connectivity index (χ0) is 13.7. The molecule has 0 fully saturated rings. The van der Waals surface area contributed by atoms with E-state index in [2.05, 4.69) is 35.2 Å². The lowest BCUT2D eigenvalue weighted by molar-refractivity contribution is 0.645. The first-order valence-corrected chi connectivity index (χ1v) is 6.93. The Balaban J connectivity index is 2.01. The van der Waals surface area contributed by atoms with Gasteiger partial charge in [0.2, 0.25) is 0 Å². The van der Waals surface area contributed by atoms with Crippen LogP contribution in [-0.4, -0.2) is 20.6 Å². The first kappa shape index (κ1) is 13.6. The van der Waals surface area contributed by atoms with Crippen LogP contribution in [0, 0.1) is 6.92 Å². The van der Waals surface area contributed by atoms with Crippen molar-refractivity contribution in [2.45, 2.75) is 46.1 Å². The second-order valence-corrected chi connectivity index (χ2v) is 4.94. The van der Waals surface area contributed by atoms with E-state index in [9.17, 15) is 0 Å². The molecule has 4 heteroatoms. The van der Waals surface area contributed by atoms with Crippen molar-refractivity contribution in [3.8, 4) is 5.82 Å². The van der Waals surface area contributed by atoms with Crippen molar-refractivity contribution in [3.05, 3.63) is 36.5 Å². The van der Waals surface area contributed by atoms with E-state index in [0.29, 0.717) is 6.04 Å². The van der Waals surface area contributed by atoms with Gasteiger partial charge in [0.1, 0.15) is 11.6 Å². The highest BCUT2D eigenvalue weighted by molar-refractivity contribution is 5.44. The molecule has 1 atom stereocenters. The molecule has 0 saturated carbocycles. The number of hydrogen-bond acceptors (Lipinski definition) is 3. The van der Waals surface area contributed by atoms with Gasteiger partial charge in [-0.25, -0.2) is 9.97 Å². The molecule has 1 unspecified atom stereocenters. The summed E-state index contributed by atoms with van der Waals surface area (Å²) >= 11 is 0. The number of aryl methyl sites for hydroxylation is 1. The van der Waals surface area contributed by atoms with E-state index in [1.165, 1.54) is 19.3 Å². The molecule has 0 aliphatic carbocycles. The van der Waals surface area contributed by atoms with Crippen molar-refractivity contribution in [3.63, 3.8) is 0 Å². The summed E-state index contributed by atoms with van der Waals surface area (Å²) in [5.74, 6) is 1.85. The Kier molecular flexibility index (Phi) is 4.55. The van der Waals surface area contributed by atoms with Gasteiger partial charge in [-0.3, -0.25) is 4.57 Å². The van der Waals surface area contributed by atoms with Gasteiger partial charge in [-0.1, -0.05) is 19.8 Å². The summed E-state index contributed by atoms with van der Waals surface area (Å²) in [6, 6.07) is 4.58. The third-order valence-electron chi connectivity index (χ3n) is 3.22. The molecule has 4 nitrogen and oxygen atoms in total. The third-order valence-corrected chi connectivity index (χ3v) is 3.22. The minimum atomic E-state index is 0.489. The van der Waals surface area contributed by atoms with Crippen LogP contribution in [0.3, 0.4) is 0 Å². The summed E-state index contributed by atoms with van der Waals surface area (Å²) in [6.45, 7) is 6.40. The van der Waals surface area contributed by atoms with E-state index in [1.807, 2.05) is 30.0 Å². The molecule has 0 amide bonds. The third kappa shape index (κ3) is 3.56. The second-order valence-electron chi connectivity index (χ2n) is 4.94. The minimum Gasteiger partial charge on any atom is -0.381 e. The smallest absolute Gasteiger partial charge is 0.138 e. The fourth-order valence-electron chi connectivity index (χ4n) is 2.10. The lowest BCUT2D eigenvalue weighted by Crippen LogP contribution is -2.15. The number of pyridine rings is 1. The highest BCUT2D eigenvalue weighted by Crippen LogP contribution is 2.13. The standard InChI is InChI=1S/C15H22N4/c1-4-5-6-12(2)18-14-7-8-15(17-11-14)19-10-9-16-13(19)3/h7-12,18H,4-6H2,1-3H3. The van der Waals surface area contributed by atoms with E-state index in [-0.39, 0.29) is 0 Å². The monoisotopic (exact) mass is 258 g/mol. The number of unbranched alkanes of at least 4 members (excludes halogenated alkanes) is 1. The molecule has 0 bridgehead atoms. The Morgan fingerprint density at radius 1 is 1.32 bits per heavy atom. The Morgan fingerprint density at radius 3 is 2.74 bits per heavy atom. The van der Waals surface area contributed by atoms with Gasteiger partial charge in [0.05, 0.1) is 11.9 Å². The molecule has 19 heavy (non-hydrogen) atoms. The van der Waals surface area contributed by atoms with E-state index in [1.54, 1.807) is 6.20 Å². The molecule has 0 radical (unpaired) electrons. The average molecular weight is 258 g/mol. The summed E-state index contributed by atoms with van der Waals surface area (Å²) in [4.78, 5) is 8.68. The second kappa shape index (κ2) is 6.36. The van der Waals surface area contributed by atoms with Crippen molar-refractivity contribution >= 4 is 5.69 Å². The molecule has 102 valence electrons. The molecular formula is C15H22N4. The summed E-state index contributed by atoms with van der Waals surface area (Å²) in [5.41, 5.74) is 1.07. The lowest BCUT2D eigenvalue weighted by Gasteiger charge is -2.14. The Morgan fingerprint density at radius 2 is 2.16 bits per heavy atom. The Labute approximate surface area is 114 Å². The Hall–Kier alpha value is -1.84. The fraction of sp³-hybridized carbons (Fsp3) is 0.467. The van der Waals surface area contributed by atoms with Crippen LogP contribution >= 0.6 is 0 Å². The molecule has 2 aromatic rings. The summed E-state index contributed by atoms with van der Waals surface area (Å²) < 4.78 is 1.98. The van der Waals surface area contributed by atoms with Crippen LogP contribution in [0.15, 0.2) is 30.7 Å². The van der Waals surface area contributed by atoms with Crippen LogP contribution in [0.4, 0.5) is 5.69 Å². The van der Waals surface area contributed by atoms with Gasteiger partial charge in [0.25, 0.3) is 0 Å². The minimum absolute atomic E-state index is 0.489. The largest absolute Gasteiger partial charge is 0.381 e. The van der Waals surface area contributed by atoms with Crippen molar-refractivity contribution in [1.82, 2.24) is 14.5 Å². The van der Waals surface area contributed by atoms with E-state index in [4.69, 9.17) is 0 Å². The quantitative estimate of drug-likeness (QED) is 0.861. The number of rotatable bonds is 6. The molecular weight excluding hydrogens is 236 g/mol. The van der Waals surface area contributed by atoms with Crippen LogP contribution in [0.25, 0.3) is 5.82 Å². The zero-order valence-corrected chi connectivity index (χ0v) is 11.9. The summed E-state index contributed by atoms with van der Waals surface area (Å²) in [7, 11) is 0. The summed E-state index contributed by atoms with van der Waals surface area (Å²) in [6.07, 6.45) is 9.29. The van der Waals surface area contributed by atoms with Crippen molar-refractivity contribution < 1.29 is 0 Å². The van der Waals surface area contributed by atoms with Gasteiger partial charge in [0.15, 0.2) is 0 Å². The maximum atomic E-state index is 4.48. The van der Waals surface area contributed by atoms with Gasteiger partial charge >= 0.3 is 0 Å². The topological polar surface area (TPSA) is 42.7 Å². The number of anilines is 1. The van der Waals surface area contributed by atoms with Gasteiger partial charge in [0, 0.05) is 18.4 Å². The van der Waals surface area contributed by atoms with Gasteiger partial charge in [-0.05, 0) is 32.4 Å². The van der Waals surface area contributed by atoms with Crippen molar-refractivity contribution in [2.75, 3.05) is 5.32 Å². The number of nitrogens with zero attached hydrogens (tertiary/aromatic N) is 3. The van der Waals surface area contributed by atoms with Crippen molar-refractivity contribution in [1.29, 1.82) is 0 Å². The molecule has 0 spiro atoms. The predicted octanol–water partition coefficient (Wildman–Crippen LogP) is 3.57. The molecule has 0 aliphatic rings. The molecule has 2 heterocycles. The molecule has 2 rings (SSSR count). The number of nitrogens with one attached hydrogen (secondary N) is 1. The molecule has 1 N–H and O–H groups in total. The van der Waals surface area contributed by atoms with Crippen LogP contribution < -0.4 is 5.32 Å². The van der Waals surface area contributed by atoms with Crippen molar-refractivity contribution in [2.24, 2.45) is 0 Å².